The van der Waals surface area contributed by atoms with Gasteiger partial charge in [-0.2, -0.15) is 0 Å². The molecule has 0 bridgehead atoms. The van der Waals surface area contributed by atoms with Crippen LogP contribution in [0.5, 0.6) is 0 Å². The maximum absolute atomic E-state index is 11.8. The van der Waals surface area contributed by atoms with E-state index in [4.69, 9.17) is 5.73 Å². The van der Waals surface area contributed by atoms with Gasteiger partial charge in [-0.25, -0.2) is 0 Å². The summed E-state index contributed by atoms with van der Waals surface area (Å²) in [6.07, 6.45) is 7.21. The van der Waals surface area contributed by atoms with Crippen LogP contribution < -0.4 is 11.1 Å². The maximum atomic E-state index is 11.8. The average Bonchev–Trinajstić information content (AvgIpc) is 2.63. The first-order valence-electron chi connectivity index (χ1n) is 8.25. The van der Waals surface area contributed by atoms with E-state index in [1.165, 1.54) is 32.1 Å². The van der Waals surface area contributed by atoms with Gasteiger partial charge in [0.25, 0.3) is 0 Å². The van der Waals surface area contributed by atoms with Crippen molar-refractivity contribution in [3.63, 3.8) is 0 Å². The number of nitrogens with two attached hydrogens (primary N) is 1. The molecule has 3 atom stereocenters. The predicted octanol–water partition coefficient (Wildman–Crippen LogP) is 2.27. The van der Waals surface area contributed by atoms with E-state index in [1.807, 2.05) is 13.8 Å². The largest absolute Gasteiger partial charge is 0.368 e. The van der Waals surface area contributed by atoms with Crippen LogP contribution in [0.15, 0.2) is 0 Å². The van der Waals surface area contributed by atoms with Crippen molar-refractivity contribution in [3.05, 3.63) is 0 Å². The maximum Gasteiger partial charge on any atom is 0.237 e. The van der Waals surface area contributed by atoms with Gasteiger partial charge in [0.15, 0.2) is 0 Å². The Morgan fingerprint density at radius 1 is 1.40 bits per heavy atom. The molecule has 1 aliphatic rings. The highest BCUT2D eigenvalue weighted by atomic mass is 16.1. The van der Waals surface area contributed by atoms with E-state index in [0.717, 1.165) is 19.5 Å². The molecular weight excluding hydrogens is 250 g/mol. The molecule has 1 saturated heterocycles. The molecule has 0 aromatic rings. The fraction of sp³-hybridized carbons (Fsp3) is 0.938. The third-order valence-electron chi connectivity index (χ3n) is 4.77. The molecule has 1 fully saturated rings. The summed E-state index contributed by atoms with van der Waals surface area (Å²) in [6, 6.07) is 1.04. The van der Waals surface area contributed by atoms with Crippen molar-refractivity contribution >= 4 is 5.91 Å². The van der Waals surface area contributed by atoms with Crippen LogP contribution in [0.1, 0.15) is 66.2 Å². The van der Waals surface area contributed by atoms with E-state index in [9.17, 15) is 4.79 Å². The van der Waals surface area contributed by atoms with Crippen molar-refractivity contribution in [2.24, 2.45) is 5.73 Å². The molecule has 20 heavy (non-hydrogen) atoms. The summed E-state index contributed by atoms with van der Waals surface area (Å²) in [5.74, 6) is -0.242. The SMILES string of the molecule is CCNC(C)(CC(C)N1CCCCCC1CC)C(N)=O. The van der Waals surface area contributed by atoms with Gasteiger partial charge in [-0.05, 0) is 52.6 Å². The fourth-order valence-corrected chi connectivity index (χ4v) is 3.58. The van der Waals surface area contributed by atoms with E-state index in [1.54, 1.807) is 0 Å². The molecule has 1 heterocycles. The molecule has 0 radical (unpaired) electrons. The molecular formula is C16H33N3O. The number of primary amides is 1. The zero-order chi connectivity index (χ0) is 15.2. The number of hydrogen-bond acceptors (Lipinski definition) is 3. The quantitative estimate of drug-likeness (QED) is 0.753. The first-order chi connectivity index (χ1) is 9.44. The van der Waals surface area contributed by atoms with Gasteiger partial charge in [0.2, 0.25) is 5.91 Å². The first-order valence-corrected chi connectivity index (χ1v) is 8.25. The van der Waals surface area contributed by atoms with Gasteiger partial charge in [0.05, 0.1) is 5.54 Å². The molecule has 0 aromatic heterocycles. The van der Waals surface area contributed by atoms with Gasteiger partial charge >= 0.3 is 0 Å². The fourth-order valence-electron chi connectivity index (χ4n) is 3.58. The molecule has 118 valence electrons. The van der Waals surface area contributed by atoms with Crippen molar-refractivity contribution in [1.82, 2.24) is 10.2 Å². The number of likely N-dealkylation sites (tertiary alicyclic amines) is 1. The molecule has 3 unspecified atom stereocenters. The number of nitrogens with one attached hydrogen (secondary N) is 1. The molecule has 1 rings (SSSR count). The molecule has 4 heteroatoms. The minimum atomic E-state index is -0.598. The van der Waals surface area contributed by atoms with Crippen LogP contribution in [0.4, 0.5) is 0 Å². The smallest absolute Gasteiger partial charge is 0.237 e. The number of rotatable bonds is 7. The van der Waals surface area contributed by atoms with E-state index < -0.39 is 5.54 Å². The second-order valence-corrected chi connectivity index (χ2v) is 6.43. The molecule has 0 spiro atoms. The summed E-state index contributed by atoms with van der Waals surface area (Å²) >= 11 is 0. The van der Waals surface area contributed by atoms with Crippen molar-refractivity contribution in [3.8, 4) is 0 Å². The zero-order valence-corrected chi connectivity index (χ0v) is 13.7. The molecule has 1 amide bonds. The highest BCUT2D eigenvalue weighted by Crippen LogP contribution is 2.25. The summed E-state index contributed by atoms with van der Waals surface area (Å²) in [6.45, 7) is 10.4. The van der Waals surface area contributed by atoms with Crippen LogP contribution in [0.25, 0.3) is 0 Å². The normalized spacial score (nSPS) is 25.7. The predicted molar refractivity (Wildman–Crippen MR) is 84.6 cm³/mol. The second-order valence-electron chi connectivity index (χ2n) is 6.43. The standard InChI is InChI=1S/C16H33N3O/c1-5-14-10-8-7-9-11-19(14)13(3)12-16(4,15(17)20)18-6-2/h13-14,18H,5-12H2,1-4H3,(H2,17,20). The van der Waals surface area contributed by atoms with Gasteiger partial charge in [-0.1, -0.05) is 26.7 Å². The van der Waals surface area contributed by atoms with Crippen LogP contribution in [0.2, 0.25) is 0 Å². The highest BCUT2D eigenvalue weighted by molar-refractivity contribution is 5.84. The Labute approximate surface area is 124 Å². The van der Waals surface area contributed by atoms with E-state index in [-0.39, 0.29) is 5.91 Å². The first kappa shape index (κ1) is 17.4. The minimum absolute atomic E-state index is 0.242. The Morgan fingerprint density at radius 3 is 2.65 bits per heavy atom. The Hall–Kier alpha value is -0.610. The van der Waals surface area contributed by atoms with Crippen molar-refractivity contribution in [2.75, 3.05) is 13.1 Å². The number of amides is 1. The Kier molecular flexibility index (Phi) is 6.96. The topological polar surface area (TPSA) is 58.4 Å². The van der Waals surface area contributed by atoms with E-state index >= 15 is 0 Å². The van der Waals surface area contributed by atoms with Crippen molar-refractivity contribution < 1.29 is 4.79 Å². The molecule has 1 aliphatic heterocycles. The van der Waals surface area contributed by atoms with Crippen LogP contribution in [0, 0.1) is 0 Å². The highest BCUT2D eigenvalue weighted by Gasteiger charge is 2.35. The van der Waals surface area contributed by atoms with Crippen LogP contribution >= 0.6 is 0 Å². The number of likely N-dealkylation sites (N-methyl/N-ethyl adjacent to an activating group) is 1. The Bertz CT molecular complexity index is 308. The summed E-state index contributed by atoms with van der Waals surface area (Å²) < 4.78 is 0. The third kappa shape index (κ3) is 4.45. The lowest BCUT2D eigenvalue weighted by molar-refractivity contribution is -0.124. The minimum Gasteiger partial charge on any atom is -0.368 e. The number of nitrogens with zero attached hydrogens (tertiary/aromatic N) is 1. The van der Waals surface area contributed by atoms with Crippen LogP contribution in [-0.4, -0.2) is 41.5 Å². The molecule has 3 N–H and O–H groups in total. The number of carbonyl (C=O) groups is 1. The Balaban J connectivity index is 2.75. The lowest BCUT2D eigenvalue weighted by Gasteiger charge is -2.39. The summed E-state index contributed by atoms with van der Waals surface area (Å²) in [4.78, 5) is 14.4. The van der Waals surface area contributed by atoms with Crippen molar-refractivity contribution in [1.29, 1.82) is 0 Å². The van der Waals surface area contributed by atoms with Crippen LogP contribution in [-0.2, 0) is 4.79 Å². The van der Waals surface area contributed by atoms with Gasteiger partial charge in [-0.15, -0.1) is 0 Å². The monoisotopic (exact) mass is 283 g/mol. The van der Waals surface area contributed by atoms with Gasteiger partial charge in [-0.3, -0.25) is 9.69 Å². The Morgan fingerprint density at radius 2 is 2.10 bits per heavy atom. The van der Waals surface area contributed by atoms with E-state index in [2.05, 4.69) is 24.1 Å². The van der Waals surface area contributed by atoms with Crippen molar-refractivity contribution in [2.45, 2.75) is 83.8 Å². The lowest BCUT2D eigenvalue weighted by Crippen LogP contribution is -2.57. The number of hydrogen-bond donors (Lipinski definition) is 2. The third-order valence-corrected chi connectivity index (χ3v) is 4.77. The van der Waals surface area contributed by atoms with Gasteiger partial charge in [0.1, 0.15) is 0 Å². The number of carbonyl (C=O) groups excluding carboxylic acids is 1. The molecule has 0 aliphatic carbocycles. The molecule has 0 saturated carbocycles. The van der Waals surface area contributed by atoms with Gasteiger partial charge in [0, 0.05) is 12.1 Å². The molecule has 4 nitrogen and oxygen atoms in total. The molecule has 0 aromatic carbocycles. The van der Waals surface area contributed by atoms with Gasteiger partial charge < -0.3 is 11.1 Å². The van der Waals surface area contributed by atoms with E-state index in [0.29, 0.717) is 12.1 Å². The summed E-state index contributed by atoms with van der Waals surface area (Å²) in [5.41, 5.74) is 5.01. The lowest BCUT2D eigenvalue weighted by atomic mass is 9.91. The second kappa shape index (κ2) is 7.99. The zero-order valence-electron chi connectivity index (χ0n) is 13.7. The summed E-state index contributed by atoms with van der Waals surface area (Å²) in [7, 11) is 0. The average molecular weight is 283 g/mol. The summed E-state index contributed by atoms with van der Waals surface area (Å²) in [5, 5.41) is 3.28. The van der Waals surface area contributed by atoms with Crippen LogP contribution in [0.3, 0.4) is 0 Å².